The van der Waals surface area contributed by atoms with Crippen molar-refractivity contribution in [1.82, 2.24) is 5.32 Å². The van der Waals surface area contributed by atoms with Gasteiger partial charge in [0, 0.05) is 4.47 Å². The van der Waals surface area contributed by atoms with E-state index in [0.717, 1.165) is 25.7 Å². The summed E-state index contributed by atoms with van der Waals surface area (Å²) in [4.78, 5) is 12.5. The lowest BCUT2D eigenvalue weighted by atomic mass is 9.83. The maximum Gasteiger partial charge on any atom is 0.254 e. The van der Waals surface area contributed by atoms with Crippen LogP contribution in [0.3, 0.4) is 0 Å². The van der Waals surface area contributed by atoms with E-state index in [1.165, 1.54) is 18.6 Å². The van der Waals surface area contributed by atoms with Crippen LogP contribution in [0.1, 0.15) is 42.5 Å². The first kappa shape index (κ1) is 16.4. The Labute approximate surface area is 137 Å². The summed E-state index contributed by atoms with van der Waals surface area (Å²) < 4.78 is 14.4. The van der Waals surface area contributed by atoms with Gasteiger partial charge < -0.3 is 11.1 Å². The summed E-state index contributed by atoms with van der Waals surface area (Å²) in [5.41, 5.74) is 5.78. The van der Waals surface area contributed by atoms with Gasteiger partial charge in [-0.15, -0.1) is 0 Å². The minimum atomic E-state index is -0.563. The van der Waals surface area contributed by atoms with Gasteiger partial charge in [-0.2, -0.15) is 0 Å². The SMILES string of the molecule is NC(=S)C(NC(=O)c1ccc(Br)cc1F)C1CCCCC1. The molecule has 1 aromatic carbocycles. The third kappa shape index (κ3) is 4.23. The van der Waals surface area contributed by atoms with Crippen LogP contribution >= 0.6 is 28.1 Å². The fourth-order valence-corrected chi connectivity index (χ4v) is 3.37. The molecule has 1 atom stereocenters. The highest BCUT2D eigenvalue weighted by molar-refractivity contribution is 9.10. The first-order chi connectivity index (χ1) is 9.99. The Morgan fingerprint density at radius 1 is 1.38 bits per heavy atom. The van der Waals surface area contributed by atoms with Crippen molar-refractivity contribution < 1.29 is 9.18 Å². The van der Waals surface area contributed by atoms with Gasteiger partial charge in [0.25, 0.3) is 5.91 Å². The zero-order valence-electron chi connectivity index (χ0n) is 11.6. The number of hydrogen-bond donors (Lipinski definition) is 2. The number of thiocarbonyl (C=S) groups is 1. The number of rotatable bonds is 4. The van der Waals surface area contributed by atoms with Crippen LogP contribution in [0.25, 0.3) is 0 Å². The fourth-order valence-electron chi connectivity index (χ4n) is 2.78. The number of carbonyl (C=O) groups excluding carboxylic acids is 1. The van der Waals surface area contributed by atoms with E-state index in [4.69, 9.17) is 18.0 Å². The molecule has 1 fully saturated rings. The normalized spacial score (nSPS) is 17.2. The van der Waals surface area contributed by atoms with Gasteiger partial charge in [-0.1, -0.05) is 47.4 Å². The van der Waals surface area contributed by atoms with E-state index >= 15 is 0 Å². The molecule has 6 heteroatoms. The Morgan fingerprint density at radius 3 is 2.62 bits per heavy atom. The first-order valence-electron chi connectivity index (χ1n) is 7.04. The number of amides is 1. The molecule has 0 spiro atoms. The lowest BCUT2D eigenvalue weighted by molar-refractivity contribution is 0.0928. The molecule has 0 saturated heterocycles. The van der Waals surface area contributed by atoms with Crippen LogP contribution in [-0.2, 0) is 0 Å². The molecular formula is C15H18BrFN2OS. The largest absolute Gasteiger partial charge is 0.392 e. The molecule has 0 heterocycles. The second-order valence-electron chi connectivity index (χ2n) is 5.38. The molecule has 1 amide bonds. The monoisotopic (exact) mass is 372 g/mol. The summed E-state index contributed by atoms with van der Waals surface area (Å²) >= 11 is 8.25. The Kier molecular flexibility index (Phi) is 5.70. The molecule has 3 N–H and O–H groups in total. The van der Waals surface area contributed by atoms with Crippen molar-refractivity contribution in [3.05, 3.63) is 34.1 Å². The van der Waals surface area contributed by atoms with E-state index in [9.17, 15) is 9.18 Å². The lowest BCUT2D eigenvalue weighted by Gasteiger charge is -2.30. The Balaban J connectivity index is 2.12. The van der Waals surface area contributed by atoms with Crippen molar-refractivity contribution in [3.63, 3.8) is 0 Å². The van der Waals surface area contributed by atoms with Gasteiger partial charge in [0.2, 0.25) is 0 Å². The Hall–Kier alpha value is -1.01. The van der Waals surface area contributed by atoms with Crippen molar-refractivity contribution in [2.45, 2.75) is 38.1 Å². The second kappa shape index (κ2) is 7.31. The highest BCUT2D eigenvalue weighted by Crippen LogP contribution is 2.27. The molecule has 0 bridgehead atoms. The molecule has 0 radical (unpaired) electrons. The average Bonchev–Trinajstić information content (AvgIpc) is 2.45. The summed E-state index contributed by atoms with van der Waals surface area (Å²) in [5.74, 6) is -0.783. The van der Waals surface area contributed by atoms with E-state index in [1.807, 2.05) is 0 Å². The van der Waals surface area contributed by atoms with Gasteiger partial charge in [-0.25, -0.2) is 4.39 Å². The molecule has 1 aromatic rings. The summed E-state index contributed by atoms with van der Waals surface area (Å²) in [6.45, 7) is 0. The predicted molar refractivity (Wildman–Crippen MR) is 88.7 cm³/mol. The highest BCUT2D eigenvalue weighted by Gasteiger charge is 2.28. The van der Waals surface area contributed by atoms with Crippen LogP contribution in [0.2, 0.25) is 0 Å². The second-order valence-corrected chi connectivity index (χ2v) is 6.76. The number of nitrogens with one attached hydrogen (secondary N) is 1. The van der Waals surface area contributed by atoms with Crippen molar-refractivity contribution >= 4 is 39.0 Å². The number of benzene rings is 1. The average molecular weight is 373 g/mol. The minimum absolute atomic E-state index is 0.00950. The van der Waals surface area contributed by atoms with Crippen molar-refractivity contribution in [2.24, 2.45) is 11.7 Å². The van der Waals surface area contributed by atoms with Crippen LogP contribution in [-0.4, -0.2) is 16.9 Å². The maximum atomic E-state index is 13.8. The minimum Gasteiger partial charge on any atom is -0.392 e. The van der Waals surface area contributed by atoms with Crippen molar-refractivity contribution in [1.29, 1.82) is 0 Å². The molecular weight excluding hydrogens is 355 g/mol. The predicted octanol–water partition coefficient (Wildman–Crippen LogP) is 3.55. The molecule has 1 saturated carbocycles. The van der Waals surface area contributed by atoms with E-state index in [2.05, 4.69) is 21.2 Å². The van der Waals surface area contributed by atoms with E-state index in [-0.39, 0.29) is 22.5 Å². The molecule has 21 heavy (non-hydrogen) atoms. The number of halogens is 2. The van der Waals surface area contributed by atoms with Crippen LogP contribution in [0.5, 0.6) is 0 Å². The fraction of sp³-hybridized carbons (Fsp3) is 0.467. The summed E-state index contributed by atoms with van der Waals surface area (Å²) in [6, 6.07) is 3.99. The van der Waals surface area contributed by atoms with E-state index in [0.29, 0.717) is 4.47 Å². The molecule has 2 rings (SSSR count). The molecule has 114 valence electrons. The molecule has 0 aliphatic heterocycles. The highest BCUT2D eigenvalue weighted by atomic mass is 79.9. The van der Waals surface area contributed by atoms with Gasteiger partial charge in [0.1, 0.15) is 5.82 Å². The summed E-state index contributed by atoms with van der Waals surface area (Å²) in [5, 5.41) is 2.80. The van der Waals surface area contributed by atoms with Crippen LogP contribution < -0.4 is 11.1 Å². The number of nitrogens with two attached hydrogens (primary N) is 1. The lowest BCUT2D eigenvalue weighted by Crippen LogP contribution is -2.49. The number of hydrogen-bond acceptors (Lipinski definition) is 2. The number of carbonyl (C=O) groups is 1. The van der Waals surface area contributed by atoms with Crippen molar-refractivity contribution in [3.8, 4) is 0 Å². The van der Waals surface area contributed by atoms with Gasteiger partial charge in [0.15, 0.2) is 0 Å². The molecule has 1 aliphatic carbocycles. The van der Waals surface area contributed by atoms with E-state index < -0.39 is 11.7 Å². The van der Waals surface area contributed by atoms with Gasteiger partial charge >= 0.3 is 0 Å². The molecule has 3 nitrogen and oxygen atoms in total. The summed E-state index contributed by atoms with van der Waals surface area (Å²) in [7, 11) is 0. The van der Waals surface area contributed by atoms with Gasteiger partial charge in [-0.3, -0.25) is 4.79 Å². The molecule has 1 aliphatic rings. The Morgan fingerprint density at radius 2 is 2.05 bits per heavy atom. The Bertz CT molecular complexity index is 546. The molecule has 0 aromatic heterocycles. The van der Waals surface area contributed by atoms with E-state index in [1.54, 1.807) is 6.07 Å². The standard InChI is InChI=1S/C15H18BrFN2OS/c16-10-6-7-11(12(17)8-10)15(20)19-13(14(18)21)9-4-2-1-3-5-9/h6-9,13H,1-5H2,(H2,18,21)(H,19,20). The third-order valence-corrected chi connectivity index (χ3v) is 4.64. The zero-order valence-corrected chi connectivity index (χ0v) is 14.0. The maximum absolute atomic E-state index is 13.8. The van der Waals surface area contributed by atoms with Gasteiger partial charge in [0.05, 0.1) is 16.6 Å². The molecule has 1 unspecified atom stereocenters. The van der Waals surface area contributed by atoms with Crippen LogP contribution in [0, 0.1) is 11.7 Å². The van der Waals surface area contributed by atoms with Crippen LogP contribution in [0.15, 0.2) is 22.7 Å². The first-order valence-corrected chi connectivity index (χ1v) is 8.24. The van der Waals surface area contributed by atoms with Crippen molar-refractivity contribution in [2.75, 3.05) is 0 Å². The summed E-state index contributed by atoms with van der Waals surface area (Å²) in [6.07, 6.45) is 5.42. The smallest absolute Gasteiger partial charge is 0.254 e. The topological polar surface area (TPSA) is 55.1 Å². The third-order valence-electron chi connectivity index (χ3n) is 3.89. The zero-order chi connectivity index (χ0) is 15.4. The quantitative estimate of drug-likeness (QED) is 0.794. The van der Waals surface area contributed by atoms with Crippen LogP contribution in [0.4, 0.5) is 4.39 Å². The van der Waals surface area contributed by atoms with Gasteiger partial charge in [-0.05, 0) is 37.0 Å².